The minimum absolute atomic E-state index is 0.0139. The zero-order chi connectivity index (χ0) is 12.8. The monoisotopic (exact) mass is 270 g/mol. The first-order valence-electron chi connectivity index (χ1n) is 5.74. The Bertz CT molecular complexity index is 401. The van der Waals surface area contributed by atoms with Crippen molar-refractivity contribution in [3.63, 3.8) is 0 Å². The van der Waals surface area contributed by atoms with Crippen molar-refractivity contribution < 1.29 is 4.79 Å². The highest BCUT2D eigenvalue weighted by Gasteiger charge is 2.16. The van der Waals surface area contributed by atoms with Crippen LogP contribution in [0.5, 0.6) is 0 Å². The van der Waals surface area contributed by atoms with Crippen LogP contribution in [0.4, 0.5) is 0 Å². The van der Waals surface area contributed by atoms with Gasteiger partial charge in [-0.15, -0.1) is 11.3 Å². The molecule has 17 heavy (non-hydrogen) atoms. The van der Waals surface area contributed by atoms with E-state index in [0.29, 0.717) is 11.4 Å². The van der Waals surface area contributed by atoms with Gasteiger partial charge >= 0.3 is 0 Å². The summed E-state index contributed by atoms with van der Waals surface area (Å²) in [7, 11) is 0. The lowest BCUT2D eigenvalue weighted by Crippen LogP contribution is -2.37. The molecule has 0 radical (unpaired) electrons. The summed E-state index contributed by atoms with van der Waals surface area (Å²) >= 11 is 6.35. The molecule has 0 saturated carbocycles. The average Bonchev–Trinajstić information content (AvgIpc) is 2.75. The molecule has 0 aliphatic heterocycles. The number of thiocarbonyl (C=S) groups is 1. The van der Waals surface area contributed by atoms with E-state index < -0.39 is 0 Å². The summed E-state index contributed by atoms with van der Waals surface area (Å²) in [6, 6.07) is 2.03. The highest BCUT2D eigenvalue weighted by Crippen LogP contribution is 2.17. The third kappa shape index (κ3) is 4.09. The summed E-state index contributed by atoms with van der Waals surface area (Å²) in [6.07, 6.45) is 2.26. The van der Waals surface area contributed by atoms with Gasteiger partial charge in [-0.3, -0.25) is 4.79 Å². The van der Waals surface area contributed by atoms with Crippen LogP contribution < -0.4 is 11.1 Å². The molecule has 0 aliphatic carbocycles. The zero-order valence-corrected chi connectivity index (χ0v) is 11.8. The third-order valence-electron chi connectivity index (χ3n) is 2.61. The van der Waals surface area contributed by atoms with Crippen molar-refractivity contribution in [1.82, 2.24) is 5.32 Å². The van der Waals surface area contributed by atoms with Gasteiger partial charge in [-0.25, -0.2) is 0 Å². The molecule has 94 valence electrons. The Morgan fingerprint density at radius 3 is 2.82 bits per heavy atom. The molecule has 1 heterocycles. The highest BCUT2D eigenvalue weighted by atomic mass is 32.1. The van der Waals surface area contributed by atoms with Gasteiger partial charge < -0.3 is 11.1 Å². The molecular weight excluding hydrogens is 252 g/mol. The molecular formula is C12H18N2OS2. The van der Waals surface area contributed by atoms with Crippen LogP contribution in [0.3, 0.4) is 0 Å². The highest BCUT2D eigenvalue weighted by molar-refractivity contribution is 7.80. The van der Waals surface area contributed by atoms with Gasteiger partial charge in [0.1, 0.15) is 0 Å². The lowest BCUT2D eigenvalue weighted by molar-refractivity contribution is 0.0940. The van der Waals surface area contributed by atoms with E-state index in [9.17, 15) is 4.79 Å². The Morgan fingerprint density at radius 1 is 1.59 bits per heavy atom. The minimum atomic E-state index is -0.0139. The first-order valence-corrected chi connectivity index (χ1v) is 7.02. The molecule has 1 amide bonds. The second-order valence-corrected chi connectivity index (χ2v) is 5.32. The van der Waals surface area contributed by atoms with Crippen LogP contribution in [0.25, 0.3) is 0 Å². The van der Waals surface area contributed by atoms with E-state index in [1.165, 1.54) is 11.3 Å². The van der Waals surface area contributed by atoms with E-state index in [1.807, 2.05) is 25.3 Å². The van der Waals surface area contributed by atoms with E-state index in [2.05, 4.69) is 5.32 Å². The maximum atomic E-state index is 12.1. The van der Waals surface area contributed by atoms with Crippen molar-refractivity contribution in [2.75, 3.05) is 0 Å². The van der Waals surface area contributed by atoms with Gasteiger partial charge in [-0.2, -0.15) is 0 Å². The number of nitrogens with one attached hydrogen (secondary N) is 1. The lowest BCUT2D eigenvalue weighted by atomic mass is 10.1. The second kappa shape index (κ2) is 6.71. The minimum Gasteiger partial charge on any atom is -0.393 e. The second-order valence-electron chi connectivity index (χ2n) is 3.88. The van der Waals surface area contributed by atoms with Crippen LogP contribution >= 0.6 is 23.6 Å². The number of carbonyl (C=O) groups is 1. The van der Waals surface area contributed by atoms with Crippen molar-refractivity contribution >= 4 is 34.5 Å². The maximum Gasteiger partial charge on any atom is 0.261 e. The molecule has 1 unspecified atom stereocenters. The first-order chi connectivity index (χ1) is 8.08. The molecule has 5 heteroatoms. The van der Waals surface area contributed by atoms with E-state index in [4.69, 9.17) is 18.0 Å². The summed E-state index contributed by atoms with van der Waals surface area (Å²) in [4.78, 5) is 13.3. The van der Waals surface area contributed by atoms with Crippen LogP contribution in [0.1, 0.15) is 41.9 Å². The topological polar surface area (TPSA) is 55.1 Å². The SMILES string of the molecule is CCc1ccsc1C(=O)NC(CC)CC(N)=S. The van der Waals surface area contributed by atoms with Crippen molar-refractivity contribution in [3.05, 3.63) is 21.9 Å². The van der Waals surface area contributed by atoms with Gasteiger partial charge in [0.2, 0.25) is 0 Å². The summed E-state index contributed by atoms with van der Waals surface area (Å²) in [5.41, 5.74) is 6.60. The quantitative estimate of drug-likeness (QED) is 0.781. The van der Waals surface area contributed by atoms with E-state index in [0.717, 1.165) is 23.3 Å². The zero-order valence-electron chi connectivity index (χ0n) is 10.2. The molecule has 1 rings (SSSR count). The molecule has 0 aromatic carbocycles. The lowest BCUT2D eigenvalue weighted by Gasteiger charge is -2.16. The largest absolute Gasteiger partial charge is 0.393 e. The van der Waals surface area contributed by atoms with Gasteiger partial charge in [0.05, 0.1) is 9.87 Å². The smallest absolute Gasteiger partial charge is 0.261 e. The molecule has 1 aromatic heterocycles. The fourth-order valence-electron chi connectivity index (χ4n) is 1.60. The Kier molecular flexibility index (Phi) is 5.58. The Balaban J connectivity index is 2.67. The number of aryl methyl sites for hydroxylation is 1. The maximum absolute atomic E-state index is 12.1. The van der Waals surface area contributed by atoms with Gasteiger partial charge in [-0.1, -0.05) is 26.1 Å². The molecule has 0 aliphatic rings. The molecule has 0 spiro atoms. The molecule has 1 aromatic rings. The third-order valence-corrected chi connectivity index (χ3v) is 3.73. The molecule has 0 saturated heterocycles. The van der Waals surface area contributed by atoms with Gasteiger partial charge in [0, 0.05) is 12.5 Å². The van der Waals surface area contributed by atoms with Crippen molar-refractivity contribution in [2.24, 2.45) is 5.73 Å². The Hall–Kier alpha value is -0.940. The Morgan fingerprint density at radius 2 is 2.29 bits per heavy atom. The van der Waals surface area contributed by atoms with Crippen LogP contribution in [-0.4, -0.2) is 16.9 Å². The fraction of sp³-hybridized carbons (Fsp3) is 0.500. The molecule has 0 bridgehead atoms. The van der Waals surface area contributed by atoms with Crippen LogP contribution in [0.2, 0.25) is 0 Å². The summed E-state index contributed by atoms with van der Waals surface area (Å²) in [6.45, 7) is 4.06. The molecule has 3 N–H and O–H groups in total. The van der Waals surface area contributed by atoms with Crippen LogP contribution in [0.15, 0.2) is 11.4 Å². The average molecular weight is 270 g/mol. The predicted octanol–water partition coefficient (Wildman–Crippen LogP) is 2.50. The van der Waals surface area contributed by atoms with E-state index in [1.54, 1.807) is 0 Å². The standard InChI is InChI=1S/C12H18N2OS2/c1-3-8-5-6-17-11(8)12(15)14-9(4-2)7-10(13)16/h5-6,9H,3-4,7H2,1-2H3,(H2,13,16)(H,14,15). The summed E-state index contributed by atoms with van der Waals surface area (Å²) in [5.74, 6) is -0.0139. The molecule has 0 fully saturated rings. The number of amides is 1. The first kappa shape index (κ1) is 14.1. The van der Waals surface area contributed by atoms with Crippen molar-refractivity contribution in [1.29, 1.82) is 0 Å². The summed E-state index contributed by atoms with van der Waals surface area (Å²) in [5, 5.41) is 4.93. The number of thiophene rings is 1. The summed E-state index contributed by atoms with van der Waals surface area (Å²) < 4.78 is 0. The molecule has 1 atom stereocenters. The predicted molar refractivity (Wildman–Crippen MR) is 76.6 cm³/mol. The number of hydrogen-bond donors (Lipinski definition) is 2. The number of rotatable bonds is 6. The molecule has 3 nitrogen and oxygen atoms in total. The van der Waals surface area contributed by atoms with Crippen LogP contribution in [0, 0.1) is 0 Å². The van der Waals surface area contributed by atoms with E-state index in [-0.39, 0.29) is 11.9 Å². The number of hydrogen-bond acceptors (Lipinski definition) is 3. The van der Waals surface area contributed by atoms with Crippen molar-refractivity contribution in [3.8, 4) is 0 Å². The van der Waals surface area contributed by atoms with Crippen molar-refractivity contribution in [2.45, 2.75) is 39.2 Å². The van der Waals surface area contributed by atoms with Gasteiger partial charge in [0.25, 0.3) is 5.91 Å². The fourth-order valence-corrected chi connectivity index (χ4v) is 2.70. The van der Waals surface area contributed by atoms with Crippen LogP contribution in [-0.2, 0) is 6.42 Å². The number of nitrogens with two attached hydrogens (primary N) is 1. The normalized spacial score (nSPS) is 12.1. The Labute approximate surface area is 111 Å². The van der Waals surface area contributed by atoms with Gasteiger partial charge in [0.15, 0.2) is 0 Å². The van der Waals surface area contributed by atoms with E-state index >= 15 is 0 Å². The number of carbonyl (C=O) groups excluding carboxylic acids is 1. The van der Waals surface area contributed by atoms with Gasteiger partial charge in [-0.05, 0) is 29.9 Å².